The number of ether oxygens (including phenoxy) is 1. The molecule has 3 aromatic rings. The van der Waals surface area contributed by atoms with E-state index in [0.29, 0.717) is 16.8 Å². The van der Waals surface area contributed by atoms with Gasteiger partial charge in [0.2, 0.25) is 16.2 Å². The van der Waals surface area contributed by atoms with Gasteiger partial charge in [-0.15, -0.1) is 28.5 Å². The first-order valence-corrected chi connectivity index (χ1v) is 16.4. The Morgan fingerprint density at radius 2 is 1.79 bits per heavy atom. The van der Waals surface area contributed by atoms with Crippen LogP contribution in [0.15, 0.2) is 42.6 Å². The number of alkyl halides is 3. The number of carbonyl (C=O) groups excluding carboxylic acids is 1. The maximum absolute atomic E-state index is 13.2. The van der Waals surface area contributed by atoms with E-state index < -0.39 is 6.36 Å². The molecule has 2 aliphatic heterocycles. The Morgan fingerprint density at radius 3 is 2.44 bits per heavy atom. The van der Waals surface area contributed by atoms with Crippen molar-refractivity contribution < 1.29 is 22.7 Å². The number of aromatic nitrogens is 4. The van der Waals surface area contributed by atoms with Crippen LogP contribution in [0.3, 0.4) is 0 Å². The molecular formula is C28H37F3N8O2S2. The quantitative estimate of drug-likeness (QED) is 0.295. The summed E-state index contributed by atoms with van der Waals surface area (Å²) in [5, 5.41) is 23.8. The molecule has 10 nitrogen and oxygen atoms in total. The molecule has 5 rings (SSSR count). The Hall–Kier alpha value is -3.17. The van der Waals surface area contributed by atoms with Crippen molar-refractivity contribution in [2.75, 3.05) is 48.0 Å². The Bertz CT molecular complexity index is 1280. The highest BCUT2D eigenvalue weighted by atomic mass is 32.2. The summed E-state index contributed by atoms with van der Waals surface area (Å²) in [4.78, 5) is 17.6. The molecule has 15 heteroatoms. The van der Waals surface area contributed by atoms with E-state index in [1.807, 2.05) is 32.2 Å². The average molecular weight is 639 g/mol. The van der Waals surface area contributed by atoms with E-state index in [-0.39, 0.29) is 28.9 Å². The van der Waals surface area contributed by atoms with Crippen molar-refractivity contribution in [1.29, 1.82) is 0 Å². The minimum Gasteiger partial charge on any atom is -0.406 e. The average Bonchev–Trinajstić information content (AvgIpc) is 3.66. The van der Waals surface area contributed by atoms with Crippen LogP contribution in [-0.4, -0.2) is 81.3 Å². The Kier molecular flexibility index (Phi) is 11.8. The molecule has 2 atom stereocenters. The predicted molar refractivity (Wildman–Crippen MR) is 165 cm³/mol. The van der Waals surface area contributed by atoms with Crippen molar-refractivity contribution in [3.05, 3.63) is 48.2 Å². The van der Waals surface area contributed by atoms with Crippen LogP contribution in [0.4, 0.5) is 29.3 Å². The number of piperidine rings is 1. The highest BCUT2D eigenvalue weighted by Gasteiger charge is 2.33. The standard InChI is InChI=1S/C26H31F3N8O2S2.C2H6/c1-40-22(18-8-12-36(13-9-18)15-17-4-6-20(7-5-17)39-26(27,28)29)23(38)32-25-35-34-24(41-25)31-19-10-14-37(16-19)21-3-2-11-30-33-21;1-2/h2-7,11,18-19,22H,8-10,12-16H2,1H3,(H,31,34)(H,32,35,38);1-2H3. The Morgan fingerprint density at radius 1 is 1.07 bits per heavy atom. The highest BCUT2D eigenvalue weighted by Crippen LogP contribution is 2.31. The zero-order valence-corrected chi connectivity index (χ0v) is 26.0. The number of anilines is 3. The molecule has 2 fully saturated rings. The largest absolute Gasteiger partial charge is 0.573 e. The number of hydrogen-bond acceptors (Lipinski definition) is 11. The fraction of sp³-hybridized carbons (Fsp3) is 0.536. The van der Waals surface area contributed by atoms with Gasteiger partial charge < -0.3 is 15.0 Å². The molecule has 234 valence electrons. The monoisotopic (exact) mass is 638 g/mol. The van der Waals surface area contributed by atoms with Crippen LogP contribution in [-0.2, 0) is 11.3 Å². The molecule has 1 aromatic carbocycles. The van der Waals surface area contributed by atoms with Gasteiger partial charge in [-0.1, -0.05) is 37.3 Å². The molecule has 0 bridgehead atoms. The van der Waals surface area contributed by atoms with E-state index >= 15 is 0 Å². The number of likely N-dealkylation sites (tertiary alicyclic amines) is 1. The summed E-state index contributed by atoms with van der Waals surface area (Å²) in [5.74, 6) is 0.758. The van der Waals surface area contributed by atoms with Gasteiger partial charge in [-0.05, 0) is 74.4 Å². The number of amides is 1. The fourth-order valence-electron chi connectivity index (χ4n) is 5.21. The SMILES string of the molecule is CC.CSC(C(=O)Nc1nnc(NC2CCN(c3cccnn3)C2)s1)C1CCN(Cc2ccc(OC(F)(F)F)cc2)CC1. The molecule has 1 amide bonds. The van der Waals surface area contributed by atoms with Crippen molar-refractivity contribution >= 4 is 45.1 Å². The van der Waals surface area contributed by atoms with Crippen molar-refractivity contribution in [3.63, 3.8) is 0 Å². The number of nitrogens with zero attached hydrogens (tertiary/aromatic N) is 6. The lowest BCUT2D eigenvalue weighted by atomic mass is 9.92. The smallest absolute Gasteiger partial charge is 0.406 e. The topological polar surface area (TPSA) is 108 Å². The zero-order valence-electron chi connectivity index (χ0n) is 24.4. The zero-order chi connectivity index (χ0) is 30.8. The minimum atomic E-state index is -4.70. The molecule has 0 radical (unpaired) electrons. The van der Waals surface area contributed by atoms with Gasteiger partial charge in [0.05, 0.1) is 5.25 Å². The van der Waals surface area contributed by atoms with Crippen LogP contribution >= 0.6 is 23.1 Å². The van der Waals surface area contributed by atoms with Crippen LogP contribution in [0.5, 0.6) is 5.75 Å². The fourth-order valence-corrected chi connectivity index (χ4v) is 6.87. The third-order valence-corrected chi connectivity index (χ3v) is 9.07. The van der Waals surface area contributed by atoms with Crippen molar-refractivity contribution in [2.45, 2.75) is 57.3 Å². The molecule has 0 spiro atoms. The van der Waals surface area contributed by atoms with Gasteiger partial charge in [-0.3, -0.25) is 15.0 Å². The molecule has 2 N–H and O–H groups in total. The number of thioether (sulfide) groups is 1. The Balaban J connectivity index is 0.00000207. The maximum atomic E-state index is 13.2. The van der Waals surface area contributed by atoms with Crippen LogP contribution in [0.25, 0.3) is 0 Å². The summed E-state index contributed by atoms with van der Waals surface area (Å²) in [6.07, 6.45) is 1.53. The Labute approximate surface area is 257 Å². The molecule has 4 heterocycles. The lowest BCUT2D eigenvalue weighted by Crippen LogP contribution is -2.40. The van der Waals surface area contributed by atoms with Crippen molar-refractivity contribution in [2.24, 2.45) is 5.92 Å². The normalized spacial score (nSPS) is 18.5. The number of halogens is 3. The van der Waals surface area contributed by atoms with Crippen molar-refractivity contribution in [1.82, 2.24) is 25.3 Å². The molecular weight excluding hydrogens is 601 g/mol. The highest BCUT2D eigenvalue weighted by molar-refractivity contribution is 7.99. The molecule has 2 aromatic heterocycles. The van der Waals surface area contributed by atoms with E-state index in [0.717, 1.165) is 56.8 Å². The summed E-state index contributed by atoms with van der Waals surface area (Å²) < 4.78 is 41.1. The third-order valence-electron chi connectivity index (χ3n) is 7.19. The second kappa shape index (κ2) is 15.5. The lowest BCUT2D eigenvalue weighted by molar-refractivity contribution is -0.274. The molecule has 2 aliphatic rings. The summed E-state index contributed by atoms with van der Waals surface area (Å²) in [6.45, 7) is 7.89. The predicted octanol–water partition coefficient (Wildman–Crippen LogP) is 5.53. The number of rotatable bonds is 10. The summed E-state index contributed by atoms with van der Waals surface area (Å²) in [7, 11) is 0. The third kappa shape index (κ3) is 9.66. The van der Waals surface area contributed by atoms with Crippen LogP contribution in [0, 0.1) is 5.92 Å². The van der Waals surface area contributed by atoms with E-state index in [9.17, 15) is 18.0 Å². The minimum absolute atomic E-state index is 0.0754. The number of nitrogens with one attached hydrogen (secondary N) is 2. The molecule has 0 saturated carbocycles. The van der Waals surface area contributed by atoms with E-state index in [4.69, 9.17) is 0 Å². The molecule has 43 heavy (non-hydrogen) atoms. The van der Waals surface area contributed by atoms with Crippen LogP contribution in [0.1, 0.15) is 38.7 Å². The molecule has 2 unspecified atom stereocenters. The van der Waals surface area contributed by atoms with Crippen molar-refractivity contribution in [3.8, 4) is 5.75 Å². The first-order valence-electron chi connectivity index (χ1n) is 14.3. The first-order chi connectivity index (χ1) is 20.8. The van der Waals surface area contributed by atoms with Crippen LogP contribution < -0.4 is 20.3 Å². The second-order valence-corrected chi connectivity index (χ2v) is 12.0. The summed E-state index contributed by atoms with van der Waals surface area (Å²) >= 11 is 2.86. The number of benzene rings is 1. The van der Waals surface area contributed by atoms with Gasteiger partial charge in [-0.25, -0.2) is 0 Å². The van der Waals surface area contributed by atoms with Gasteiger partial charge in [0.25, 0.3) is 0 Å². The van der Waals surface area contributed by atoms with Gasteiger partial charge in [-0.2, -0.15) is 16.9 Å². The number of carbonyl (C=O) groups is 1. The second-order valence-electron chi connectivity index (χ2n) is 10.0. The number of hydrogen-bond donors (Lipinski definition) is 2. The maximum Gasteiger partial charge on any atom is 0.573 e. The van der Waals surface area contributed by atoms with E-state index in [1.54, 1.807) is 18.3 Å². The van der Waals surface area contributed by atoms with E-state index in [1.165, 1.54) is 35.2 Å². The summed E-state index contributed by atoms with van der Waals surface area (Å²) in [6, 6.07) is 9.98. The van der Waals surface area contributed by atoms with Crippen LogP contribution in [0.2, 0.25) is 0 Å². The first kappa shape index (κ1) is 32.7. The van der Waals surface area contributed by atoms with Gasteiger partial charge in [0, 0.05) is 31.9 Å². The van der Waals surface area contributed by atoms with Gasteiger partial charge >= 0.3 is 6.36 Å². The van der Waals surface area contributed by atoms with E-state index in [2.05, 4.69) is 45.6 Å². The van der Waals surface area contributed by atoms with Gasteiger partial charge in [0.1, 0.15) is 5.75 Å². The lowest BCUT2D eigenvalue weighted by Gasteiger charge is -2.34. The molecule has 0 aliphatic carbocycles. The summed E-state index contributed by atoms with van der Waals surface area (Å²) in [5.41, 5.74) is 0.914. The van der Waals surface area contributed by atoms with Gasteiger partial charge in [0.15, 0.2) is 5.82 Å². The molecule has 2 saturated heterocycles.